The van der Waals surface area contributed by atoms with Gasteiger partial charge in [0.2, 0.25) is 15.3 Å². The molecule has 11 heteroatoms. The smallest absolute Gasteiger partial charge is 0.270 e. The first-order valence-corrected chi connectivity index (χ1v) is 10.6. The number of anilines is 1. The van der Waals surface area contributed by atoms with Gasteiger partial charge in [0.05, 0.1) is 15.3 Å². The van der Waals surface area contributed by atoms with Crippen LogP contribution in [-0.2, 0) is 10.0 Å². The lowest BCUT2D eigenvalue weighted by atomic mass is 10.2. The van der Waals surface area contributed by atoms with Crippen molar-refractivity contribution in [2.24, 2.45) is 0 Å². The number of aromatic nitrogens is 2. The third-order valence-electron chi connectivity index (χ3n) is 4.76. The second-order valence-electron chi connectivity index (χ2n) is 6.48. The monoisotopic (exact) mass is 433 g/mol. The molecule has 2 aromatic carbocycles. The lowest BCUT2D eigenvalue weighted by molar-refractivity contribution is -0.385. The summed E-state index contributed by atoms with van der Waals surface area (Å²) >= 11 is 6.05. The molecule has 29 heavy (non-hydrogen) atoms. The van der Waals surface area contributed by atoms with E-state index in [1.54, 1.807) is 0 Å². The molecule has 0 aliphatic carbocycles. The van der Waals surface area contributed by atoms with Gasteiger partial charge in [-0.2, -0.15) is 9.29 Å². The predicted octanol–water partition coefficient (Wildman–Crippen LogP) is 2.70. The molecule has 0 amide bonds. The van der Waals surface area contributed by atoms with Crippen LogP contribution in [0.4, 0.5) is 11.5 Å². The van der Waals surface area contributed by atoms with Crippen LogP contribution in [0.3, 0.4) is 0 Å². The number of hydrogen-bond donors (Lipinski definition) is 0. The van der Waals surface area contributed by atoms with Gasteiger partial charge in [0, 0.05) is 43.7 Å². The summed E-state index contributed by atoms with van der Waals surface area (Å²) in [7, 11) is -3.83. The number of nitrogens with zero attached hydrogens (tertiary/aromatic N) is 5. The Morgan fingerprint density at radius 3 is 2.45 bits per heavy atom. The molecule has 3 aromatic rings. The summed E-state index contributed by atoms with van der Waals surface area (Å²) in [5.41, 5.74) is 0.459. The van der Waals surface area contributed by atoms with Gasteiger partial charge in [-0.25, -0.2) is 13.4 Å². The van der Waals surface area contributed by atoms with Crippen LogP contribution in [0.5, 0.6) is 0 Å². The van der Waals surface area contributed by atoms with Crippen LogP contribution < -0.4 is 4.90 Å². The van der Waals surface area contributed by atoms with Crippen LogP contribution in [-0.4, -0.2) is 53.8 Å². The van der Waals surface area contributed by atoms with E-state index in [-0.39, 0.29) is 29.0 Å². The van der Waals surface area contributed by atoms with Crippen molar-refractivity contribution in [1.29, 1.82) is 0 Å². The summed E-state index contributed by atoms with van der Waals surface area (Å²) in [5, 5.41) is 11.9. The van der Waals surface area contributed by atoms with E-state index in [9.17, 15) is 18.5 Å². The zero-order valence-electron chi connectivity index (χ0n) is 15.1. The quantitative estimate of drug-likeness (QED) is 0.353. The van der Waals surface area contributed by atoms with Gasteiger partial charge in [-0.1, -0.05) is 18.2 Å². The summed E-state index contributed by atoms with van der Waals surface area (Å²) in [6.45, 7) is 1.26. The van der Waals surface area contributed by atoms with Crippen LogP contribution in [0.2, 0.25) is 5.28 Å². The molecule has 1 aromatic heterocycles. The first-order valence-electron chi connectivity index (χ1n) is 8.78. The lowest BCUT2D eigenvalue weighted by Crippen LogP contribution is -2.49. The van der Waals surface area contributed by atoms with Crippen molar-refractivity contribution in [2.75, 3.05) is 31.1 Å². The Morgan fingerprint density at radius 2 is 1.72 bits per heavy atom. The Labute approximate surface area is 171 Å². The van der Waals surface area contributed by atoms with Crippen LogP contribution >= 0.6 is 11.6 Å². The predicted molar refractivity (Wildman–Crippen MR) is 109 cm³/mol. The highest BCUT2D eigenvalue weighted by molar-refractivity contribution is 7.89. The molecule has 0 unspecified atom stereocenters. The number of benzene rings is 2. The van der Waals surface area contributed by atoms with Crippen LogP contribution in [0.25, 0.3) is 10.9 Å². The van der Waals surface area contributed by atoms with Crippen molar-refractivity contribution in [3.63, 3.8) is 0 Å². The minimum Gasteiger partial charge on any atom is -0.353 e. The number of nitro benzene ring substituents is 1. The normalized spacial score (nSPS) is 15.6. The van der Waals surface area contributed by atoms with E-state index in [4.69, 9.17) is 11.6 Å². The van der Waals surface area contributed by atoms with Crippen molar-refractivity contribution in [2.45, 2.75) is 4.90 Å². The first kappa shape index (κ1) is 19.5. The minimum atomic E-state index is -3.83. The van der Waals surface area contributed by atoms with Crippen molar-refractivity contribution >= 4 is 44.0 Å². The van der Waals surface area contributed by atoms with Gasteiger partial charge in [-0.15, -0.1) is 0 Å². The first-order chi connectivity index (χ1) is 13.9. The van der Waals surface area contributed by atoms with E-state index in [2.05, 4.69) is 9.97 Å². The van der Waals surface area contributed by atoms with Crippen molar-refractivity contribution in [1.82, 2.24) is 14.3 Å². The number of para-hydroxylation sites is 1. The van der Waals surface area contributed by atoms with Gasteiger partial charge in [-0.05, 0) is 29.8 Å². The van der Waals surface area contributed by atoms with Crippen LogP contribution in [0, 0.1) is 10.1 Å². The highest BCUT2D eigenvalue weighted by Crippen LogP contribution is 2.28. The third-order valence-corrected chi connectivity index (χ3v) is 6.82. The molecule has 2 heterocycles. The van der Waals surface area contributed by atoms with Gasteiger partial charge in [0.1, 0.15) is 5.82 Å². The Kier molecular flexibility index (Phi) is 5.07. The standard InChI is InChI=1S/C18H16ClN5O4S/c19-18-20-16-7-2-1-6-15(16)17(21-18)22-8-10-23(11-9-22)29(27,28)14-5-3-4-13(12-14)24(25)26/h1-7,12H,8-11H2. The number of nitro groups is 1. The molecule has 1 fully saturated rings. The Balaban J connectivity index is 1.57. The molecule has 1 aliphatic heterocycles. The van der Waals surface area contributed by atoms with E-state index in [0.29, 0.717) is 24.4 Å². The molecule has 0 bridgehead atoms. The summed E-state index contributed by atoms with van der Waals surface area (Å²) in [5.74, 6) is 0.660. The molecule has 0 saturated carbocycles. The number of halogens is 1. The number of rotatable bonds is 4. The van der Waals surface area contributed by atoms with Crippen LogP contribution in [0.1, 0.15) is 0 Å². The van der Waals surface area contributed by atoms with Gasteiger partial charge >= 0.3 is 0 Å². The molecule has 0 radical (unpaired) electrons. The summed E-state index contributed by atoms with van der Waals surface area (Å²) in [6.07, 6.45) is 0. The molecule has 0 N–H and O–H groups in total. The summed E-state index contributed by atoms with van der Waals surface area (Å²) in [4.78, 5) is 20.8. The fourth-order valence-corrected chi connectivity index (χ4v) is 4.95. The van der Waals surface area contributed by atoms with Crippen molar-refractivity contribution in [3.8, 4) is 0 Å². The number of piperazine rings is 1. The molecule has 9 nitrogen and oxygen atoms in total. The van der Waals surface area contributed by atoms with Gasteiger partial charge in [0.15, 0.2) is 0 Å². The average molecular weight is 434 g/mol. The van der Waals surface area contributed by atoms with Crippen LogP contribution in [0.15, 0.2) is 53.4 Å². The SMILES string of the molecule is O=[N+]([O-])c1cccc(S(=O)(=O)N2CCN(c3nc(Cl)nc4ccccc34)CC2)c1. The molecule has 0 atom stereocenters. The van der Waals surface area contributed by atoms with E-state index in [1.165, 1.54) is 22.5 Å². The maximum Gasteiger partial charge on any atom is 0.270 e. The second-order valence-corrected chi connectivity index (χ2v) is 8.75. The molecule has 1 aliphatic rings. The van der Waals surface area contributed by atoms with Crippen molar-refractivity contribution in [3.05, 3.63) is 63.9 Å². The third kappa shape index (κ3) is 3.74. The maximum absolute atomic E-state index is 12.9. The highest BCUT2D eigenvalue weighted by atomic mass is 35.5. The molecule has 4 rings (SSSR count). The van der Waals surface area contributed by atoms with E-state index >= 15 is 0 Å². The summed E-state index contributed by atoms with van der Waals surface area (Å²) < 4.78 is 27.1. The largest absolute Gasteiger partial charge is 0.353 e. The van der Waals surface area contributed by atoms with E-state index in [0.717, 1.165) is 11.5 Å². The Bertz CT molecular complexity index is 1200. The second kappa shape index (κ2) is 7.54. The van der Waals surface area contributed by atoms with E-state index in [1.807, 2.05) is 29.2 Å². The highest BCUT2D eigenvalue weighted by Gasteiger charge is 2.30. The topological polar surface area (TPSA) is 110 Å². The molecular formula is C18H16ClN5O4S. The van der Waals surface area contributed by atoms with Crippen molar-refractivity contribution < 1.29 is 13.3 Å². The Morgan fingerprint density at radius 1 is 1.00 bits per heavy atom. The van der Waals surface area contributed by atoms with Gasteiger partial charge in [0.25, 0.3) is 5.69 Å². The molecule has 150 valence electrons. The number of fused-ring (bicyclic) bond motifs is 1. The fraction of sp³-hybridized carbons (Fsp3) is 0.222. The molecule has 0 spiro atoms. The lowest BCUT2D eigenvalue weighted by Gasteiger charge is -2.35. The van der Waals surface area contributed by atoms with Gasteiger partial charge in [-0.3, -0.25) is 10.1 Å². The minimum absolute atomic E-state index is 0.0873. The molecular weight excluding hydrogens is 418 g/mol. The zero-order valence-corrected chi connectivity index (χ0v) is 16.7. The molecule has 1 saturated heterocycles. The van der Waals surface area contributed by atoms with E-state index < -0.39 is 14.9 Å². The number of hydrogen-bond acceptors (Lipinski definition) is 7. The summed E-state index contributed by atoms with van der Waals surface area (Å²) in [6, 6.07) is 12.6. The van der Waals surface area contributed by atoms with Gasteiger partial charge < -0.3 is 4.90 Å². The number of sulfonamides is 1. The maximum atomic E-state index is 12.9. The Hall–Kier alpha value is -2.82. The number of non-ortho nitro benzene ring substituents is 1. The average Bonchev–Trinajstić information content (AvgIpc) is 2.73. The fourth-order valence-electron chi connectivity index (χ4n) is 3.32. The zero-order chi connectivity index (χ0) is 20.6.